The summed E-state index contributed by atoms with van der Waals surface area (Å²) in [5, 5.41) is 9.76. The number of rotatable bonds is 7. The van der Waals surface area contributed by atoms with Gasteiger partial charge in [0.1, 0.15) is 11.0 Å². The Hall–Kier alpha value is -2.87. The van der Waals surface area contributed by atoms with Crippen molar-refractivity contribution in [3.05, 3.63) is 29.4 Å². The number of anilines is 5. The highest BCUT2D eigenvalue weighted by Gasteiger charge is 2.44. The van der Waals surface area contributed by atoms with E-state index in [1.807, 2.05) is 24.3 Å². The van der Waals surface area contributed by atoms with E-state index in [-0.39, 0.29) is 25.9 Å². The number of fused-ring (bicyclic) bond motifs is 2. The molecule has 0 aliphatic carbocycles. The highest BCUT2D eigenvalue weighted by molar-refractivity contribution is 6.29. The molecule has 0 amide bonds. The number of nitrogens with one attached hydrogen (secondary N) is 3. The van der Waals surface area contributed by atoms with E-state index in [0.717, 1.165) is 69.4 Å². The maximum Gasteiger partial charge on any atom is 0.393 e. The summed E-state index contributed by atoms with van der Waals surface area (Å²) in [5.41, 5.74) is 2.24. The van der Waals surface area contributed by atoms with Crippen molar-refractivity contribution in [2.45, 2.75) is 64.7 Å². The zero-order chi connectivity index (χ0) is 34.0. The summed E-state index contributed by atoms with van der Waals surface area (Å²) >= 11 is 5.86. The van der Waals surface area contributed by atoms with Crippen molar-refractivity contribution in [2.75, 3.05) is 90.8 Å². The predicted octanol–water partition coefficient (Wildman–Crippen LogP) is 7.43. The van der Waals surface area contributed by atoms with Gasteiger partial charge in [0.15, 0.2) is 11.6 Å². The van der Waals surface area contributed by atoms with Crippen LogP contribution in [0.4, 0.5) is 55.2 Å². The van der Waals surface area contributed by atoms with E-state index >= 15 is 0 Å². The highest BCUT2D eigenvalue weighted by Crippen LogP contribution is 2.37. The number of halogens is 7. The fraction of sp³-hybridized carbons (Fsp3) is 0.688. The number of nitrogens with zero attached hydrogens (tertiary/aromatic N) is 5. The predicted molar refractivity (Wildman–Crippen MR) is 178 cm³/mol. The zero-order valence-electron chi connectivity index (χ0n) is 27.2. The van der Waals surface area contributed by atoms with Crippen LogP contribution < -0.4 is 30.7 Å². The summed E-state index contributed by atoms with van der Waals surface area (Å²) in [4.78, 5) is 15.3. The van der Waals surface area contributed by atoms with Crippen molar-refractivity contribution >= 4 is 40.4 Å². The molecule has 3 N–H and O–H groups in total. The monoisotopic (exact) mass is 692 g/mol. The van der Waals surface area contributed by atoms with E-state index in [9.17, 15) is 26.3 Å². The third-order valence-electron chi connectivity index (χ3n) is 8.79. The summed E-state index contributed by atoms with van der Waals surface area (Å²) in [6.45, 7) is 11.3. The van der Waals surface area contributed by atoms with Gasteiger partial charge >= 0.3 is 12.4 Å². The summed E-state index contributed by atoms with van der Waals surface area (Å²) in [6.07, 6.45) is -3.00. The summed E-state index contributed by atoms with van der Waals surface area (Å²) in [7, 11) is 0. The van der Waals surface area contributed by atoms with Gasteiger partial charge in [-0.15, -0.1) is 0 Å². The van der Waals surface area contributed by atoms with E-state index in [1.165, 1.54) is 18.5 Å². The van der Waals surface area contributed by atoms with Crippen LogP contribution in [0.15, 0.2) is 24.3 Å². The van der Waals surface area contributed by atoms with Crippen LogP contribution in [0.5, 0.6) is 0 Å². The second kappa shape index (κ2) is 17.0. The molecule has 2 fully saturated rings. The van der Waals surface area contributed by atoms with Crippen LogP contribution in [-0.2, 0) is 0 Å². The van der Waals surface area contributed by atoms with Gasteiger partial charge in [-0.1, -0.05) is 38.3 Å². The molecule has 6 rings (SSSR count). The Morgan fingerprint density at radius 2 is 1.32 bits per heavy atom. The molecule has 6 heterocycles. The van der Waals surface area contributed by atoms with Crippen molar-refractivity contribution in [3.63, 3.8) is 0 Å². The Morgan fingerprint density at radius 1 is 0.745 bits per heavy atom. The largest absolute Gasteiger partial charge is 0.393 e. The molecular weight excluding hydrogens is 646 g/mol. The van der Waals surface area contributed by atoms with E-state index in [2.05, 4.69) is 49.6 Å². The molecule has 0 radical (unpaired) electrons. The van der Waals surface area contributed by atoms with Gasteiger partial charge in [-0.3, -0.25) is 0 Å². The first kappa shape index (κ1) is 37.0. The molecule has 264 valence electrons. The maximum absolute atomic E-state index is 12.8. The van der Waals surface area contributed by atoms with E-state index < -0.39 is 24.2 Å². The summed E-state index contributed by atoms with van der Waals surface area (Å²) < 4.78 is 73.6. The van der Waals surface area contributed by atoms with Crippen molar-refractivity contribution in [1.82, 2.24) is 15.3 Å². The van der Waals surface area contributed by atoms with E-state index in [4.69, 9.17) is 11.6 Å². The lowest BCUT2D eigenvalue weighted by Gasteiger charge is -2.32. The first-order valence-electron chi connectivity index (χ1n) is 16.6. The second-order valence-electron chi connectivity index (χ2n) is 12.3. The molecule has 47 heavy (non-hydrogen) atoms. The van der Waals surface area contributed by atoms with Gasteiger partial charge in [-0.25, -0.2) is 9.97 Å². The molecule has 2 aromatic rings. The van der Waals surface area contributed by atoms with Crippen LogP contribution in [0, 0.1) is 11.8 Å². The Labute approximate surface area is 278 Å². The lowest BCUT2D eigenvalue weighted by atomic mass is 10.1. The second-order valence-corrected chi connectivity index (χ2v) is 12.7. The van der Waals surface area contributed by atoms with Gasteiger partial charge in [0.2, 0.25) is 0 Å². The molecule has 2 saturated heterocycles. The van der Waals surface area contributed by atoms with Crippen LogP contribution in [0.2, 0.25) is 5.15 Å². The molecule has 4 aliphatic heterocycles. The Morgan fingerprint density at radius 3 is 1.81 bits per heavy atom. The van der Waals surface area contributed by atoms with Crippen molar-refractivity contribution in [3.8, 4) is 0 Å². The third kappa shape index (κ3) is 10.6. The van der Waals surface area contributed by atoms with E-state index in [1.54, 1.807) is 4.90 Å². The summed E-state index contributed by atoms with van der Waals surface area (Å²) in [5.74, 6) is 0.0114. The minimum absolute atomic E-state index is 0.00877. The smallest absolute Gasteiger partial charge is 0.367 e. The minimum Gasteiger partial charge on any atom is -0.367 e. The van der Waals surface area contributed by atoms with Gasteiger partial charge in [0.05, 0.1) is 23.2 Å². The lowest BCUT2D eigenvalue weighted by molar-refractivity contribution is -0.169. The average Bonchev–Trinajstić information content (AvgIpc) is 3.77. The average molecular weight is 693 g/mol. The fourth-order valence-corrected chi connectivity index (χ4v) is 6.16. The Balaban J connectivity index is 0.000000178. The number of pyridine rings is 2. The van der Waals surface area contributed by atoms with Crippen LogP contribution in [0.1, 0.15) is 52.4 Å². The summed E-state index contributed by atoms with van der Waals surface area (Å²) in [6, 6.07) is 7.74. The topological polar surface area (TPSA) is 71.6 Å². The van der Waals surface area contributed by atoms with Crippen LogP contribution in [0.3, 0.4) is 0 Å². The number of aromatic nitrogens is 2. The molecule has 2 aromatic heterocycles. The molecule has 15 heteroatoms. The van der Waals surface area contributed by atoms with Gasteiger partial charge in [0.25, 0.3) is 0 Å². The standard InChI is InChI=1S/C16H23F3N4.C11H16ClN3.C5H8F3N/c1-2-3-8-22-10-7-20-15-13(22)4-5-14(21-15)23-9-6-12(11-23)16(17,18)19;1-2-3-7-15-8-6-13-11-9(15)4-5-10(12)14-11;6-5(7,8)4-1-2-9-3-4/h4-5,12H,2-3,6-11H2,1H3,(H,20,21);4-5H,2-3,6-8H2,1H3,(H,13,14);4,9H,1-3H2. The molecule has 0 bridgehead atoms. The quantitative estimate of drug-likeness (QED) is 0.205. The fourth-order valence-electron chi connectivity index (χ4n) is 6.01. The molecule has 4 aliphatic rings. The van der Waals surface area contributed by atoms with Crippen molar-refractivity contribution in [1.29, 1.82) is 0 Å². The maximum atomic E-state index is 12.8. The lowest BCUT2D eigenvalue weighted by Crippen LogP contribution is -2.35. The Bertz CT molecular complexity index is 1260. The third-order valence-corrected chi connectivity index (χ3v) is 9.00. The first-order chi connectivity index (χ1) is 22.4. The molecule has 2 atom stereocenters. The molecular formula is C32H47ClF6N8. The van der Waals surface area contributed by atoms with Crippen LogP contribution in [0.25, 0.3) is 0 Å². The number of hydrogen-bond donors (Lipinski definition) is 3. The van der Waals surface area contributed by atoms with Gasteiger partial charge in [0, 0.05) is 58.9 Å². The molecule has 0 aromatic carbocycles. The number of unbranched alkanes of at least 4 members (excludes halogenated alkanes) is 2. The van der Waals surface area contributed by atoms with Crippen LogP contribution in [-0.4, -0.2) is 87.8 Å². The zero-order valence-corrected chi connectivity index (χ0v) is 27.9. The van der Waals surface area contributed by atoms with Gasteiger partial charge in [-0.2, -0.15) is 26.3 Å². The Kier molecular flexibility index (Phi) is 13.4. The van der Waals surface area contributed by atoms with Gasteiger partial charge < -0.3 is 30.7 Å². The molecule has 8 nitrogen and oxygen atoms in total. The van der Waals surface area contributed by atoms with E-state index in [0.29, 0.717) is 24.1 Å². The molecule has 2 unspecified atom stereocenters. The SMILES string of the molecule is CCCCN1CCNc2nc(Cl)ccc21.CCCCN1CCNc2nc(N3CCC(C(F)(F)F)C3)ccc21.FC(F)(F)C1CCNC1. The number of alkyl halides is 6. The highest BCUT2D eigenvalue weighted by atomic mass is 35.5. The van der Waals surface area contributed by atoms with Crippen molar-refractivity contribution < 1.29 is 26.3 Å². The molecule has 0 spiro atoms. The normalized spacial score (nSPS) is 20.7. The van der Waals surface area contributed by atoms with Crippen molar-refractivity contribution in [2.24, 2.45) is 11.8 Å². The van der Waals surface area contributed by atoms with Gasteiger partial charge in [-0.05, 0) is 56.5 Å². The first-order valence-corrected chi connectivity index (χ1v) is 17.0. The minimum atomic E-state index is -4.11. The van der Waals surface area contributed by atoms with Crippen LogP contribution >= 0.6 is 11.6 Å². The number of hydrogen-bond acceptors (Lipinski definition) is 8. The molecule has 0 saturated carbocycles.